The van der Waals surface area contributed by atoms with Gasteiger partial charge in [-0.15, -0.1) is 10.3 Å². The Morgan fingerprint density at radius 3 is 1.64 bits per heavy atom. The second-order valence-corrected chi connectivity index (χ2v) is 6.10. The second kappa shape index (κ2) is 2.96. The van der Waals surface area contributed by atoms with Crippen LogP contribution < -0.4 is 0 Å². The van der Waals surface area contributed by atoms with Gasteiger partial charge in [0.05, 0.1) is 0 Å². The minimum Gasteiger partial charge on any atom is -0.143 e. The Morgan fingerprint density at radius 1 is 0.929 bits per heavy atom. The fourth-order valence-electron chi connectivity index (χ4n) is 3.87. The van der Waals surface area contributed by atoms with Crippen molar-refractivity contribution in [2.24, 2.45) is 11.8 Å². The quantitative estimate of drug-likeness (QED) is 0.584. The molecule has 1 aliphatic carbocycles. The van der Waals surface area contributed by atoms with Crippen molar-refractivity contribution in [3.63, 3.8) is 0 Å². The Kier molecular flexibility index (Phi) is 2.20. The summed E-state index contributed by atoms with van der Waals surface area (Å²) in [5, 5.41) is 13.6. The fourth-order valence-corrected chi connectivity index (χ4v) is 3.87. The predicted octanol–water partition coefficient (Wildman–Crippen LogP) is 3.01. The van der Waals surface area contributed by atoms with Gasteiger partial charge in [0.15, 0.2) is 0 Å². The zero-order valence-corrected chi connectivity index (χ0v) is 9.84. The summed E-state index contributed by atoms with van der Waals surface area (Å²) < 4.78 is 0. The Hall–Kier alpha value is -0.0800. The summed E-state index contributed by atoms with van der Waals surface area (Å²) in [6.07, 6.45) is 5.13. The van der Waals surface area contributed by atoms with Gasteiger partial charge < -0.3 is 0 Å². The number of hydroxylamine groups is 2. The summed E-state index contributed by atoms with van der Waals surface area (Å²) in [6.45, 7) is 8.49. The maximum Gasteiger partial charge on any atom is 0.0475 e. The van der Waals surface area contributed by atoms with E-state index in [-0.39, 0.29) is 11.1 Å². The third-order valence-corrected chi connectivity index (χ3v) is 4.63. The number of hydrogen-bond donors (Lipinski definition) is 0. The van der Waals surface area contributed by atoms with Crippen molar-refractivity contribution < 1.29 is 5.21 Å². The molecule has 14 heavy (non-hydrogen) atoms. The molecule has 2 nitrogen and oxygen atoms in total. The standard InChI is InChI=1S/C12H22NO/c1-11(2)9-7-5-6-8-10(9)12(3,4)13(11)14/h9-10H,5-8H2,1-4H3. The third kappa shape index (κ3) is 1.17. The van der Waals surface area contributed by atoms with E-state index >= 15 is 0 Å². The van der Waals surface area contributed by atoms with Crippen molar-refractivity contribution in [1.82, 2.24) is 5.06 Å². The molecule has 0 amide bonds. The molecule has 81 valence electrons. The molecule has 0 N–H and O–H groups in total. The lowest BCUT2D eigenvalue weighted by atomic mass is 9.69. The molecule has 2 aliphatic rings. The summed E-state index contributed by atoms with van der Waals surface area (Å²) in [5.74, 6) is 1.23. The molecule has 0 spiro atoms. The lowest BCUT2D eigenvalue weighted by molar-refractivity contribution is -0.251. The van der Waals surface area contributed by atoms with Crippen LogP contribution in [0.25, 0.3) is 0 Å². The van der Waals surface area contributed by atoms with Crippen molar-refractivity contribution in [2.45, 2.75) is 64.5 Å². The molecule has 1 saturated carbocycles. The van der Waals surface area contributed by atoms with Gasteiger partial charge in [-0.1, -0.05) is 12.8 Å². The summed E-state index contributed by atoms with van der Waals surface area (Å²) in [6, 6.07) is 0. The van der Waals surface area contributed by atoms with Crippen LogP contribution in [0.3, 0.4) is 0 Å². The van der Waals surface area contributed by atoms with E-state index in [4.69, 9.17) is 0 Å². The molecule has 1 aliphatic heterocycles. The minimum absolute atomic E-state index is 0.144. The van der Waals surface area contributed by atoms with Gasteiger partial charge in [0.2, 0.25) is 0 Å². The first-order valence-corrected chi connectivity index (χ1v) is 5.86. The zero-order valence-electron chi connectivity index (χ0n) is 9.84. The lowest BCUT2D eigenvalue weighted by Gasteiger charge is -2.34. The van der Waals surface area contributed by atoms with E-state index in [0.717, 1.165) is 0 Å². The third-order valence-electron chi connectivity index (χ3n) is 4.63. The topological polar surface area (TPSA) is 23.1 Å². The van der Waals surface area contributed by atoms with E-state index in [0.29, 0.717) is 11.8 Å². The maximum atomic E-state index is 12.2. The smallest absolute Gasteiger partial charge is 0.0475 e. The van der Waals surface area contributed by atoms with Gasteiger partial charge >= 0.3 is 0 Å². The predicted molar refractivity (Wildman–Crippen MR) is 56.1 cm³/mol. The van der Waals surface area contributed by atoms with Crippen LogP contribution in [0.15, 0.2) is 0 Å². The van der Waals surface area contributed by atoms with E-state index in [2.05, 4.69) is 27.7 Å². The van der Waals surface area contributed by atoms with Gasteiger partial charge in [0.25, 0.3) is 0 Å². The summed E-state index contributed by atoms with van der Waals surface area (Å²) in [4.78, 5) is 0. The zero-order chi connectivity index (χ0) is 10.6. The molecule has 1 heterocycles. The van der Waals surface area contributed by atoms with E-state index < -0.39 is 0 Å². The van der Waals surface area contributed by atoms with Gasteiger partial charge in [-0.2, -0.15) is 0 Å². The average molecular weight is 196 g/mol. The van der Waals surface area contributed by atoms with Crippen LogP contribution in [0.1, 0.15) is 53.4 Å². The Labute approximate surface area is 87.3 Å². The first kappa shape index (κ1) is 10.4. The van der Waals surface area contributed by atoms with Gasteiger partial charge in [0.1, 0.15) is 0 Å². The highest BCUT2D eigenvalue weighted by Crippen LogP contribution is 2.54. The molecule has 2 heteroatoms. The molecule has 1 radical (unpaired) electrons. The fraction of sp³-hybridized carbons (Fsp3) is 1.00. The van der Waals surface area contributed by atoms with E-state index in [1.807, 2.05) is 0 Å². The average Bonchev–Trinajstić information content (AvgIpc) is 2.28. The first-order valence-electron chi connectivity index (χ1n) is 5.86. The van der Waals surface area contributed by atoms with Crippen LogP contribution in [-0.4, -0.2) is 16.1 Å². The summed E-state index contributed by atoms with van der Waals surface area (Å²) >= 11 is 0. The lowest BCUT2D eigenvalue weighted by Crippen LogP contribution is -2.46. The van der Waals surface area contributed by atoms with Crippen LogP contribution in [-0.2, 0) is 5.21 Å². The van der Waals surface area contributed by atoms with Crippen molar-refractivity contribution in [3.05, 3.63) is 0 Å². The molecule has 0 aromatic heterocycles. The molecular formula is C12H22NO. The van der Waals surface area contributed by atoms with Gasteiger partial charge in [-0.25, -0.2) is 0 Å². The molecule has 2 rings (SSSR count). The summed E-state index contributed by atoms with van der Waals surface area (Å²) in [5.41, 5.74) is -0.289. The highest BCUT2D eigenvalue weighted by atomic mass is 16.5. The van der Waals surface area contributed by atoms with Crippen molar-refractivity contribution in [1.29, 1.82) is 0 Å². The normalized spacial score (nSPS) is 40.9. The molecule has 2 unspecified atom stereocenters. The summed E-state index contributed by atoms with van der Waals surface area (Å²) in [7, 11) is 0. The number of rotatable bonds is 0. The van der Waals surface area contributed by atoms with Crippen LogP contribution in [0.4, 0.5) is 0 Å². The van der Waals surface area contributed by atoms with Crippen LogP contribution in [0.5, 0.6) is 0 Å². The highest BCUT2D eigenvalue weighted by Gasteiger charge is 2.58. The first-order chi connectivity index (χ1) is 6.38. The Balaban J connectivity index is 2.34. The van der Waals surface area contributed by atoms with Crippen LogP contribution >= 0.6 is 0 Å². The van der Waals surface area contributed by atoms with Gasteiger partial charge in [-0.05, 0) is 52.4 Å². The molecule has 0 aromatic rings. The van der Waals surface area contributed by atoms with Crippen molar-refractivity contribution in [2.75, 3.05) is 0 Å². The molecule has 0 aromatic carbocycles. The van der Waals surface area contributed by atoms with Crippen molar-refractivity contribution in [3.8, 4) is 0 Å². The largest absolute Gasteiger partial charge is 0.143 e. The van der Waals surface area contributed by atoms with Crippen LogP contribution in [0, 0.1) is 11.8 Å². The van der Waals surface area contributed by atoms with Crippen molar-refractivity contribution >= 4 is 0 Å². The molecule has 0 bridgehead atoms. The highest BCUT2D eigenvalue weighted by molar-refractivity contribution is 5.08. The SMILES string of the molecule is CC1(C)C2CCCCC2C(C)(C)N1[O]. The molecule has 1 saturated heterocycles. The van der Waals surface area contributed by atoms with Crippen LogP contribution in [0.2, 0.25) is 0 Å². The molecular weight excluding hydrogens is 174 g/mol. The maximum absolute atomic E-state index is 12.2. The van der Waals surface area contributed by atoms with Gasteiger partial charge in [-0.3, -0.25) is 0 Å². The minimum atomic E-state index is -0.144. The van der Waals surface area contributed by atoms with Gasteiger partial charge in [0, 0.05) is 11.1 Å². The van der Waals surface area contributed by atoms with E-state index in [1.165, 1.54) is 30.7 Å². The molecule has 2 fully saturated rings. The second-order valence-electron chi connectivity index (χ2n) is 6.10. The monoisotopic (exact) mass is 196 g/mol. The molecule has 2 atom stereocenters. The Morgan fingerprint density at radius 2 is 1.29 bits per heavy atom. The van der Waals surface area contributed by atoms with E-state index in [9.17, 15) is 5.21 Å². The number of fused-ring (bicyclic) bond motifs is 1. The number of nitrogens with zero attached hydrogens (tertiary/aromatic N) is 1. The number of hydrogen-bond acceptors (Lipinski definition) is 1. The van der Waals surface area contributed by atoms with E-state index in [1.54, 1.807) is 0 Å². The Bertz CT molecular complexity index is 210.